The minimum atomic E-state index is -1.09. The lowest BCUT2D eigenvalue weighted by atomic mass is 10.2. The Hall–Kier alpha value is -2.49. The van der Waals surface area contributed by atoms with Gasteiger partial charge < -0.3 is 9.30 Å². The molecule has 0 radical (unpaired) electrons. The highest BCUT2D eigenvalue weighted by Gasteiger charge is 2.14. The topological polar surface area (TPSA) is 79.0 Å². The zero-order valence-electron chi connectivity index (χ0n) is 18.5. The van der Waals surface area contributed by atoms with E-state index in [9.17, 15) is 0 Å². The highest BCUT2D eigenvalue weighted by Crippen LogP contribution is 2.21. The summed E-state index contributed by atoms with van der Waals surface area (Å²) in [6.07, 6.45) is 12.3. The van der Waals surface area contributed by atoms with Crippen LogP contribution in [-0.4, -0.2) is 46.1 Å². The van der Waals surface area contributed by atoms with Gasteiger partial charge in [-0.2, -0.15) is 5.10 Å². The predicted octanol–water partition coefficient (Wildman–Crippen LogP) is 4.22. The van der Waals surface area contributed by atoms with Crippen molar-refractivity contribution < 1.29 is 9.57 Å². The van der Waals surface area contributed by atoms with Crippen LogP contribution in [0.25, 0.3) is 22.4 Å². The fourth-order valence-electron chi connectivity index (χ4n) is 3.02. The van der Waals surface area contributed by atoms with Crippen molar-refractivity contribution >= 4 is 19.1 Å². The maximum atomic E-state index is 5.90. The van der Waals surface area contributed by atoms with Crippen LogP contribution < -0.4 is 5.48 Å². The lowest BCUT2D eigenvalue weighted by Crippen LogP contribution is -2.22. The second kappa shape index (κ2) is 10.0. The highest BCUT2D eigenvalue weighted by molar-refractivity contribution is 6.76. The first kappa shape index (κ1) is 22.2. The van der Waals surface area contributed by atoms with Crippen LogP contribution in [0.2, 0.25) is 25.7 Å². The largest absolute Gasteiger partial charge is 0.361 e. The van der Waals surface area contributed by atoms with Crippen molar-refractivity contribution in [1.29, 1.82) is 0 Å². The van der Waals surface area contributed by atoms with Crippen LogP contribution in [0.15, 0.2) is 43.1 Å². The molecule has 0 aliphatic heterocycles. The van der Waals surface area contributed by atoms with E-state index in [-0.39, 0.29) is 6.04 Å². The van der Waals surface area contributed by atoms with E-state index < -0.39 is 8.07 Å². The number of nitrogens with one attached hydrogen (secondary N) is 1. The molecule has 0 saturated heterocycles. The molecule has 1 unspecified atom stereocenters. The Morgan fingerprint density at radius 3 is 2.83 bits per heavy atom. The van der Waals surface area contributed by atoms with Gasteiger partial charge in [0, 0.05) is 44.9 Å². The third-order valence-electron chi connectivity index (χ3n) is 4.85. The molecule has 3 aromatic heterocycles. The summed E-state index contributed by atoms with van der Waals surface area (Å²) in [7, 11) is 0.489. The Labute approximate surface area is 178 Å². The van der Waals surface area contributed by atoms with Crippen LogP contribution >= 0.6 is 0 Å². The van der Waals surface area contributed by atoms with E-state index in [1.165, 1.54) is 0 Å². The number of ether oxygens (including phenoxy) is 1. The van der Waals surface area contributed by atoms with Crippen LogP contribution in [-0.2, 0) is 16.3 Å². The van der Waals surface area contributed by atoms with Gasteiger partial charge in [-0.15, -0.1) is 0 Å². The van der Waals surface area contributed by atoms with Crippen molar-refractivity contribution in [1.82, 2.24) is 29.8 Å². The molecule has 0 fully saturated rings. The van der Waals surface area contributed by atoms with Gasteiger partial charge in [-0.05, 0) is 24.6 Å². The monoisotopic (exact) mass is 428 g/mol. The predicted molar refractivity (Wildman–Crippen MR) is 121 cm³/mol. The summed E-state index contributed by atoms with van der Waals surface area (Å²) >= 11 is 0. The van der Waals surface area contributed by atoms with E-state index >= 15 is 0 Å². The van der Waals surface area contributed by atoms with Gasteiger partial charge in [0.1, 0.15) is 12.4 Å². The fourth-order valence-corrected chi connectivity index (χ4v) is 3.78. The number of aromatic nitrogens is 5. The van der Waals surface area contributed by atoms with E-state index in [1.54, 1.807) is 19.5 Å². The van der Waals surface area contributed by atoms with Crippen molar-refractivity contribution in [2.24, 2.45) is 0 Å². The third kappa shape index (κ3) is 5.77. The van der Waals surface area contributed by atoms with Crippen molar-refractivity contribution in [3.8, 4) is 11.4 Å². The average molecular weight is 429 g/mol. The van der Waals surface area contributed by atoms with Crippen LogP contribution in [0, 0.1) is 0 Å². The molecule has 0 amide bonds. The molecule has 1 atom stereocenters. The normalized spacial score (nSPS) is 13.4. The zero-order chi connectivity index (χ0) is 21.6. The maximum Gasteiger partial charge on any atom is 0.164 e. The SMILES string of the molecule is CCC(C=CNOC)n1cc(-c2ncc3ccn(COCC[Si](C)(C)C)c3n2)cn1. The van der Waals surface area contributed by atoms with Gasteiger partial charge in [0.05, 0.1) is 24.9 Å². The highest BCUT2D eigenvalue weighted by atomic mass is 28.3. The molecule has 1 N–H and O–H groups in total. The Morgan fingerprint density at radius 2 is 2.10 bits per heavy atom. The molecule has 30 heavy (non-hydrogen) atoms. The standard InChI is InChI=1S/C21H32N6O2Si/c1-6-19(7-9-24-28-2)27-15-18(14-23-27)20-22-13-17-8-10-26(21(17)25-20)16-29-11-12-30(3,4)5/h7-10,13-15,19,24H,6,11-12,16H2,1-5H3. The Bertz CT molecular complexity index is 975. The third-order valence-corrected chi connectivity index (χ3v) is 6.55. The number of hydrogen-bond acceptors (Lipinski definition) is 6. The van der Waals surface area contributed by atoms with Gasteiger partial charge in [-0.25, -0.2) is 9.97 Å². The van der Waals surface area contributed by atoms with Gasteiger partial charge in [0.25, 0.3) is 0 Å². The van der Waals surface area contributed by atoms with Crippen molar-refractivity contribution in [3.05, 3.63) is 43.1 Å². The summed E-state index contributed by atoms with van der Waals surface area (Å²) in [5.41, 5.74) is 4.47. The number of hydrogen-bond donors (Lipinski definition) is 1. The van der Waals surface area contributed by atoms with Crippen molar-refractivity contribution in [2.45, 2.75) is 51.8 Å². The van der Waals surface area contributed by atoms with Crippen LogP contribution in [0.5, 0.6) is 0 Å². The number of hydroxylamine groups is 1. The van der Waals surface area contributed by atoms with Crippen LogP contribution in [0.3, 0.4) is 0 Å². The summed E-state index contributed by atoms with van der Waals surface area (Å²) in [4.78, 5) is 14.2. The van der Waals surface area contributed by atoms with E-state index in [4.69, 9.17) is 14.6 Å². The first-order chi connectivity index (χ1) is 14.4. The summed E-state index contributed by atoms with van der Waals surface area (Å²) in [5.74, 6) is 0.657. The maximum absolute atomic E-state index is 5.90. The number of allylic oxidation sites excluding steroid dienone is 1. The number of fused-ring (bicyclic) bond motifs is 1. The first-order valence-electron chi connectivity index (χ1n) is 10.3. The van der Waals surface area contributed by atoms with E-state index in [0.717, 1.165) is 35.7 Å². The quantitative estimate of drug-likeness (QED) is 0.280. The Morgan fingerprint density at radius 1 is 1.27 bits per heavy atom. The molecule has 0 aliphatic rings. The first-order valence-corrected chi connectivity index (χ1v) is 14.0. The lowest BCUT2D eigenvalue weighted by molar-refractivity contribution is 0.0899. The minimum absolute atomic E-state index is 0.119. The number of rotatable bonds is 11. The molecule has 0 aromatic carbocycles. The molecule has 0 spiro atoms. The lowest BCUT2D eigenvalue weighted by Gasteiger charge is -2.15. The minimum Gasteiger partial charge on any atom is -0.361 e. The Kier molecular flexibility index (Phi) is 7.41. The van der Waals surface area contributed by atoms with Crippen molar-refractivity contribution in [2.75, 3.05) is 13.7 Å². The van der Waals surface area contributed by atoms with Crippen molar-refractivity contribution in [3.63, 3.8) is 0 Å². The van der Waals surface area contributed by atoms with Gasteiger partial charge in [0.2, 0.25) is 0 Å². The molecule has 3 aromatic rings. The van der Waals surface area contributed by atoms with E-state index in [1.807, 2.05) is 40.0 Å². The summed E-state index contributed by atoms with van der Waals surface area (Å²) < 4.78 is 9.84. The second-order valence-electron chi connectivity index (χ2n) is 8.47. The smallest absolute Gasteiger partial charge is 0.164 e. The molecular formula is C21H32N6O2Si. The fraction of sp³-hybridized carbons (Fsp3) is 0.476. The molecule has 8 nitrogen and oxygen atoms in total. The van der Waals surface area contributed by atoms with Crippen LogP contribution in [0.4, 0.5) is 0 Å². The second-order valence-corrected chi connectivity index (χ2v) is 14.1. The summed E-state index contributed by atoms with van der Waals surface area (Å²) in [6, 6.07) is 3.29. The molecule has 0 aliphatic carbocycles. The molecule has 162 valence electrons. The molecule has 9 heteroatoms. The van der Waals surface area contributed by atoms with E-state index in [0.29, 0.717) is 12.6 Å². The van der Waals surface area contributed by atoms with Gasteiger partial charge in [0.15, 0.2) is 5.82 Å². The van der Waals surface area contributed by atoms with Gasteiger partial charge >= 0.3 is 0 Å². The molecule has 3 heterocycles. The summed E-state index contributed by atoms with van der Waals surface area (Å²) in [5, 5.41) is 5.51. The number of nitrogens with zero attached hydrogens (tertiary/aromatic N) is 5. The van der Waals surface area contributed by atoms with E-state index in [2.05, 4.69) is 42.1 Å². The van der Waals surface area contributed by atoms with Gasteiger partial charge in [-0.1, -0.05) is 26.6 Å². The zero-order valence-corrected chi connectivity index (χ0v) is 19.5. The van der Waals surface area contributed by atoms with Crippen LogP contribution in [0.1, 0.15) is 19.4 Å². The molecule has 0 saturated carbocycles. The molecule has 3 rings (SSSR count). The Balaban J connectivity index is 1.74. The van der Waals surface area contributed by atoms with Gasteiger partial charge in [-0.3, -0.25) is 15.0 Å². The summed E-state index contributed by atoms with van der Waals surface area (Å²) in [6.45, 7) is 10.5. The average Bonchev–Trinajstić information content (AvgIpc) is 3.35. The molecule has 0 bridgehead atoms. The molecular weight excluding hydrogens is 396 g/mol.